The van der Waals surface area contributed by atoms with Crippen LogP contribution in [0.1, 0.15) is 44.6 Å². The van der Waals surface area contributed by atoms with Crippen molar-refractivity contribution >= 4 is 24.0 Å². The summed E-state index contributed by atoms with van der Waals surface area (Å²) in [5, 5.41) is 11.6. The second-order valence-corrected chi connectivity index (χ2v) is 8.15. The number of hydrogen-bond donors (Lipinski definition) is 1. The topological polar surface area (TPSA) is 110 Å². The second-order valence-electron chi connectivity index (χ2n) is 8.15. The number of rotatable bonds is 7. The van der Waals surface area contributed by atoms with E-state index in [-0.39, 0.29) is 30.9 Å². The summed E-state index contributed by atoms with van der Waals surface area (Å²) in [4.78, 5) is 37.8. The number of carbonyl (C=O) groups excluding carboxylic acids is 2. The Hall–Kier alpha value is -3.41. The number of nitrogens with zero attached hydrogens (tertiary/aromatic N) is 5. The number of aliphatic imine (C=N–C) groups is 2. The highest BCUT2D eigenvalue weighted by Gasteiger charge is 2.29. The van der Waals surface area contributed by atoms with Crippen LogP contribution in [0.3, 0.4) is 0 Å². The maximum absolute atomic E-state index is 13.1. The van der Waals surface area contributed by atoms with Crippen LogP contribution in [0.2, 0.25) is 0 Å². The van der Waals surface area contributed by atoms with E-state index in [0.29, 0.717) is 19.6 Å². The van der Waals surface area contributed by atoms with Crippen molar-refractivity contribution in [3.63, 3.8) is 0 Å². The molecule has 2 saturated heterocycles. The van der Waals surface area contributed by atoms with Gasteiger partial charge in [-0.15, -0.1) is 0 Å². The molecule has 1 unspecified atom stereocenters. The minimum atomic E-state index is -0.444. The maximum atomic E-state index is 13.1. The molecule has 0 spiro atoms. The Labute approximate surface area is 195 Å². The molecule has 2 heterocycles. The van der Waals surface area contributed by atoms with E-state index in [0.717, 1.165) is 50.1 Å². The average Bonchev–Trinajstić information content (AvgIpc) is 3.31. The van der Waals surface area contributed by atoms with Crippen LogP contribution in [-0.2, 0) is 16.1 Å². The summed E-state index contributed by atoms with van der Waals surface area (Å²) in [5.41, 5.74) is 0.879. The third-order valence-corrected chi connectivity index (χ3v) is 5.82. The Balaban J connectivity index is 1.67. The van der Waals surface area contributed by atoms with Gasteiger partial charge in [0.25, 0.3) is 0 Å². The Bertz CT molecular complexity index is 917. The van der Waals surface area contributed by atoms with Gasteiger partial charge in [-0.1, -0.05) is 24.6 Å². The van der Waals surface area contributed by atoms with Crippen LogP contribution < -0.4 is 10.1 Å². The number of ether oxygens (including phenoxy) is 1. The molecule has 2 aliphatic heterocycles. The molecule has 9 heteroatoms. The molecule has 1 aromatic carbocycles. The smallest absolute Gasteiger partial charge is 0.242 e. The zero-order valence-electron chi connectivity index (χ0n) is 19.2. The Kier molecular flexibility index (Phi) is 9.24. The van der Waals surface area contributed by atoms with E-state index in [2.05, 4.69) is 15.3 Å². The number of para-hydroxylation sites is 1. The molecule has 3 rings (SSSR count). The summed E-state index contributed by atoms with van der Waals surface area (Å²) in [6, 6.07) is 7.57. The Morgan fingerprint density at radius 2 is 2.00 bits per heavy atom. The summed E-state index contributed by atoms with van der Waals surface area (Å²) in [5.74, 6) is 0.351. The predicted octanol–water partition coefficient (Wildman–Crippen LogP) is 2.33. The molecule has 0 aromatic heterocycles. The van der Waals surface area contributed by atoms with Gasteiger partial charge in [-0.25, -0.2) is 9.98 Å². The fourth-order valence-electron chi connectivity index (χ4n) is 4.07. The van der Waals surface area contributed by atoms with Gasteiger partial charge in [0, 0.05) is 31.4 Å². The molecule has 2 fully saturated rings. The molecule has 33 heavy (non-hydrogen) atoms. The van der Waals surface area contributed by atoms with Crippen molar-refractivity contribution in [2.75, 3.05) is 32.8 Å². The second kappa shape index (κ2) is 12.6. The van der Waals surface area contributed by atoms with Crippen LogP contribution >= 0.6 is 0 Å². The molecule has 0 saturated carbocycles. The van der Waals surface area contributed by atoms with E-state index >= 15 is 0 Å². The van der Waals surface area contributed by atoms with Gasteiger partial charge in [0.2, 0.25) is 17.8 Å². The van der Waals surface area contributed by atoms with E-state index in [9.17, 15) is 9.59 Å². The highest BCUT2D eigenvalue weighted by atomic mass is 16.5. The number of carbonyl (C=O) groups is 2. The molecule has 0 radical (unpaired) electrons. The molecular formula is C24H32N6O3. The summed E-state index contributed by atoms with van der Waals surface area (Å²) in [6.07, 6.45) is 7.84. The molecule has 0 bridgehead atoms. The molecule has 1 atom stereocenters. The molecule has 0 aliphatic carbocycles. The first-order chi connectivity index (χ1) is 16.1. The Morgan fingerprint density at radius 3 is 2.76 bits per heavy atom. The summed E-state index contributed by atoms with van der Waals surface area (Å²) < 4.78 is 5.62. The molecular weight excluding hydrogens is 420 g/mol. The number of guanidine groups is 1. The van der Waals surface area contributed by atoms with E-state index in [4.69, 9.17) is 10.00 Å². The summed E-state index contributed by atoms with van der Waals surface area (Å²) >= 11 is 0. The van der Waals surface area contributed by atoms with Crippen molar-refractivity contribution in [1.82, 2.24) is 15.1 Å². The SMILES string of the molecule is CCOc1ccccc1CN=C(/N=C\C1CCCCN(CC(=O)N2CCCC2)C1=O)NC#N. The van der Waals surface area contributed by atoms with Crippen molar-refractivity contribution in [3.8, 4) is 11.9 Å². The van der Waals surface area contributed by atoms with Gasteiger partial charge in [0.05, 0.1) is 25.6 Å². The Morgan fingerprint density at radius 1 is 1.24 bits per heavy atom. The number of likely N-dealkylation sites (tertiary alicyclic amines) is 2. The molecule has 1 N–H and O–H groups in total. The van der Waals surface area contributed by atoms with Crippen LogP contribution in [0.4, 0.5) is 0 Å². The third-order valence-electron chi connectivity index (χ3n) is 5.82. The van der Waals surface area contributed by atoms with Crippen LogP contribution in [0.15, 0.2) is 34.3 Å². The quantitative estimate of drug-likeness (QED) is 0.295. The van der Waals surface area contributed by atoms with Gasteiger partial charge in [-0.2, -0.15) is 5.26 Å². The van der Waals surface area contributed by atoms with E-state index in [1.165, 1.54) is 0 Å². The lowest BCUT2D eigenvalue weighted by molar-refractivity contribution is -0.140. The maximum Gasteiger partial charge on any atom is 0.242 e. The van der Waals surface area contributed by atoms with Crippen molar-refractivity contribution in [1.29, 1.82) is 5.26 Å². The standard InChI is InChI=1S/C24H32N6O3/c1-2-33-21-11-4-3-9-19(21)15-26-24(28-18-25)27-16-20-10-5-6-14-30(23(20)32)17-22(31)29-12-7-8-13-29/h3-4,9,11,16,20H,2,5-8,10,12-15,17H2,1H3,(H,26,28)/b27-16-. The first kappa shape index (κ1) is 24.2. The molecule has 9 nitrogen and oxygen atoms in total. The monoisotopic (exact) mass is 452 g/mol. The van der Waals surface area contributed by atoms with Crippen molar-refractivity contribution in [3.05, 3.63) is 29.8 Å². The number of nitriles is 1. The number of benzene rings is 1. The first-order valence-corrected chi connectivity index (χ1v) is 11.6. The minimum absolute atomic E-state index is 0.0137. The number of hydrogen-bond acceptors (Lipinski definition) is 5. The van der Waals surface area contributed by atoms with Gasteiger partial charge < -0.3 is 14.5 Å². The molecule has 176 valence electrons. The van der Waals surface area contributed by atoms with Crippen molar-refractivity contribution in [2.24, 2.45) is 15.9 Å². The minimum Gasteiger partial charge on any atom is -0.494 e. The zero-order chi connectivity index (χ0) is 23.5. The van der Waals surface area contributed by atoms with Gasteiger partial charge in [-0.3, -0.25) is 14.9 Å². The van der Waals surface area contributed by atoms with Gasteiger partial charge in [0.15, 0.2) is 6.19 Å². The normalized spacial score (nSPS) is 19.5. The first-order valence-electron chi connectivity index (χ1n) is 11.6. The lowest BCUT2D eigenvalue weighted by Crippen LogP contribution is -2.44. The van der Waals surface area contributed by atoms with E-state index in [1.54, 1.807) is 11.1 Å². The van der Waals surface area contributed by atoms with Crippen LogP contribution in [-0.4, -0.2) is 66.6 Å². The van der Waals surface area contributed by atoms with Crippen LogP contribution in [0.25, 0.3) is 0 Å². The van der Waals surface area contributed by atoms with E-state index < -0.39 is 5.92 Å². The lowest BCUT2D eigenvalue weighted by Gasteiger charge is -2.25. The van der Waals surface area contributed by atoms with Crippen molar-refractivity contribution in [2.45, 2.75) is 45.6 Å². The highest BCUT2D eigenvalue weighted by Crippen LogP contribution is 2.20. The molecule has 2 amide bonds. The fourth-order valence-corrected chi connectivity index (χ4v) is 4.07. The fraction of sp³-hybridized carbons (Fsp3) is 0.542. The summed E-state index contributed by atoms with van der Waals surface area (Å²) in [6.45, 7) is 4.99. The zero-order valence-corrected chi connectivity index (χ0v) is 19.2. The van der Waals surface area contributed by atoms with Crippen LogP contribution in [0.5, 0.6) is 5.75 Å². The third kappa shape index (κ3) is 7.04. The number of amides is 2. The largest absolute Gasteiger partial charge is 0.494 e. The molecule has 1 aromatic rings. The molecule has 2 aliphatic rings. The van der Waals surface area contributed by atoms with Gasteiger partial charge in [0.1, 0.15) is 5.75 Å². The highest BCUT2D eigenvalue weighted by molar-refractivity contribution is 5.99. The van der Waals surface area contributed by atoms with E-state index in [1.807, 2.05) is 42.3 Å². The van der Waals surface area contributed by atoms with Crippen LogP contribution in [0, 0.1) is 17.4 Å². The summed E-state index contributed by atoms with van der Waals surface area (Å²) in [7, 11) is 0. The van der Waals surface area contributed by atoms with Crippen molar-refractivity contribution < 1.29 is 14.3 Å². The predicted molar refractivity (Wildman–Crippen MR) is 126 cm³/mol. The average molecular weight is 453 g/mol. The van der Waals surface area contributed by atoms with Gasteiger partial charge in [-0.05, 0) is 38.7 Å². The van der Waals surface area contributed by atoms with Gasteiger partial charge >= 0.3 is 0 Å². The number of nitrogens with one attached hydrogen (secondary N) is 1. The lowest BCUT2D eigenvalue weighted by atomic mass is 10.0.